The predicted octanol–water partition coefficient (Wildman–Crippen LogP) is 4.41. The van der Waals surface area contributed by atoms with Gasteiger partial charge in [-0.25, -0.2) is 8.78 Å². The molecule has 1 amide bonds. The molecule has 0 unspecified atom stereocenters. The van der Waals surface area contributed by atoms with E-state index in [1.165, 1.54) is 0 Å². The Bertz CT molecular complexity index is 764. The highest BCUT2D eigenvalue weighted by Crippen LogP contribution is 2.64. The van der Waals surface area contributed by atoms with Crippen LogP contribution in [0.3, 0.4) is 0 Å². The molecule has 148 valence electrons. The van der Waals surface area contributed by atoms with Crippen LogP contribution >= 0.6 is 23.2 Å². The summed E-state index contributed by atoms with van der Waals surface area (Å²) in [6.45, 7) is 0. The number of fused-ring (bicyclic) bond motifs is 2. The highest BCUT2D eigenvalue weighted by molar-refractivity contribution is 6.42. The Labute approximate surface area is 166 Å². The fraction of sp³-hybridized carbons (Fsp3) is 0.632. The molecule has 1 atom stereocenters. The van der Waals surface area contributed by atoms with Crippen molar-refractivity contribution in [2.24, 2.45) is 17.1 Å². The van der Waals surface area contributed by atoms with Gasteiger partial charge in [0.1, 0.15) is 5.67 Å². The zero-order chi connectivity index (χ0) is 19.6. The number of aromatic hydroxyl groups is 1. The van der Waals surface area contributed by atoms with Gasteiger partial charge in [0, 0.05) is 23.6 Å². The number of benzene rings is 1. The summed E-state index contributed by atoms with van der Waals surface area (Å²) in [6.07, 6.45) is 3.14. The van der Waals surface area contributed by atoms with E-state index in [2.05, 4.69) is 5.32 Å². The molecule has 3 saturated carbocycles. The molecule has 27 heavy (non-hydrogen) atoms. The molecule has 8 heteroatoms. The topological polar surface area (TPSA) is 75.4 Å². The third-order valence-electron chi connectivity index (χ3n) is 6.71. The van der Waals surface area contributed by atoms with Crippen molar-refractivity contribution < 1.29 is 18.7 Å². The number of hydrogen-bond acceptors (Lipinski definition) is 3. The largest absolute Gasteiger partial charge is 0.505 e. The molecule has 4 nitrogen and oxygen atoms in total. The van der Waals surface area contributed by atoms with E-state index in [0.29, 0.717) is 38.5 Å². The van der Waals surface area contributed by atoms with E-state index in [1.807, 2.05) is 0 Å². The second kappa shape index (κ2) is 6.46. The minimum atomic E-state index is -1.29. The van der Waals surface area contributed by atoms with Crippen molar-refractivity contribution in [2.45, 2.75) is 62.7 Å². The van der Waals surface area contributed by atoms with Gasteiger partial charge in [0.05, 0.1) is 16.1 Å². The Morgan fingerprint density at radius 3 is 2.44 bits per heavy atom. The molecule has 2 bridgehead atoms. The van der Waals surface area contributed by atoms with Crippen molar-refractivity contribution in [3.8, 4) is 5.75 Å². The van der Waals surface area contributed by atoms with Gasteiger partial charge in [-0.1, -0.05) is 23.2 Å². The van der Waals surface area contributed by atoms with E-state index < -0.39 is 28.7 Å². The molecule has 3 aliphatic rings. The van der Waals surface area contributed by atoms with Crippen LogP contribution in [0.5, 0.6) is 5.75 Å². The maximum Gasteiger partial charge on any atom is 0.223 e. The van der Waals surface area contributed by atoms with Gasteiger partial charge >= 0.3 is 0 Å². The van der Waals surface area contributed by atoms with Crippen LogP contribution in [-0.4, -0.2) is 22.7 Å². The summed E-state index contributed by atoms with van der Waals surface area (Å²) < 4.78 is 29.8. The van der Waals surface area contributed by atoms with E-state index in [-0.39, 0.29) is 39.9 Å². The number of carbonyl (C=O) groups is 1. The summed E-state index contributed by atoms with van der Waals surface area (Å²) in [7, 11) is 0. The molecule has 3 aliphatic carbocycles. The number of phenolic OH excluding ortho intramolecular Hbond substituents is 1. The molecule has 3 fully saturated rings. The smallest absolute Gasteiger partial charge is 0.223 e. The van der Waals surface area contributed by atoms with Gasteiger partial charge in [0.25, 0.3) is 0 Å². The van der Waals surface area contributed by atoms with Crippen molar-refractivity contribution >= 4 is 29.1 Å². The van der Waals surface area contributed by atoms with Gasteiger partial charge < -0.3 is 16.2 Å². The molecule has 1 aromatic rings. The quantitative estimate of drug-likeness (QED) is 0.633. The molecule has 0 aliphatic heterocycles. The first-order valence-corrected chi connectivity index (χ1v) is 10.0. The van der Waals surface area contributed by atoms with Crippen molar-refractivity contribution in [3.63, 3.8) is 0 Å². The number of amides is 1. The monoisotopic (exact) mass is 418 g/mol. The van der Waals surface area contributed by atoms with Crippen LogP contribution in [0.25, 0.3) is 0 Å². The second-order valence-electron chi connectivity index (χ2n) is 8.48. The van der Waals surface area contributed by atoms with E-state index >= 15 is 0 Å². The molecule has 4 N–H and O–H groups in total. The summed E-state index contributed by atoms with van der Waals surface area (Å²) in [6, 6.07) is 0.177. The molecule has 0 heterocycles. The Kier molecular flexibility index (Phi) is 4.60. The zero-order valence-corrected chi connectivity index (χ0v) is 16.2. The lowest BCUT2D eigenvalue weighted by molar-refractivity contribution is -0.129. The lowest BCUT2D eigenvalue weighted by Gasteiger charge is -2.40. The summed E-state index contributed by atoms with van der Waals surface area (Å²) in [4.78, 5) is 12.7. The average Bonchev–Trinajstić information content (AvgIpc) is 3.11. The van der Waals surface area contributed by atoms with Crippen molar-refractivity contribution in [2.75, 3.05) is 0 Å². The number of nitrogens with two attached hydrogens (primary N) is 1. The molecule has 0 saturated heterocycles. The van der Waals surface area contributed by atoms with Crippen LogP contribution in [0, 0.1) is 17.2 Å². The van der Waals surface area contributed by atoms with Crippen molar-refractivity contribution in [1.82, 2.24) is 5.32 Å². The highest BCUT2D eigenvalue weighted by Gasteiger charge is 2.59. The molecule has 1 aromatic carbocycles. The average molecular weight is 419 g/mol. The lowest BCUT2D eigenvalue weighted by Crippen LogP contribution is -2.48. The van der Waals surface area contributed by atoms with E-state index in [9.17, 15) is 18.7 Å². The fourth-order valence-corrected chi connectivity index (χ4v) is 5.55. The summed E-state index contributed by atoms with van der Waals surface area (Å²) in [5, 5.41) is 12.8. The Hall–Kier alpha value is -1.11. The van der Waals surface area contributed by atoms with Crippen LogP contribution in [0.4, 0.5) is 8.78 Å². The molecule has 4 rings (SSSR count). The standard InChI is InChI=1S/C19H22Cl2F2N2O2/c20-11-7-12(26)15(22)13(14(11)21)16(25-17(27)9-5-10(24)6-9)18-1-3-19(23,8-18)4-2-18/h7,9-10,16,26H,1-6,8,24H2,(H,25,27)/t9?,10?,16-,18?,19?/m0/s1. The van der Waals surface area contributed by atoms with Crippen LogP contribution in [-0.2, 0) is 4.79 Å². The minimum Gasteiger partial charge on any atom is -0.505 e. The first-order valence-electron chi connectivity index (χ1n) is 9.25. The third kappa shape index (κ3) is 3.10. The number of rotatable bonds is 4. The highest BCUT2D eigenvalue weighted by atomic mass is 35.5. The van der Waals surface area contributed by atoms with Crippen LogP contribution in [0.1, 0.15) is 56.6 Å². The first-order chi connectivity index (χ1) is 12.6. The molecule has 0 radical (unpaired) electrons. The van der Waals surface area contributed by atoms with E-state index in [4.69, 9.17) is 28.9 Å². The van der Waals surface area contributed by atoms with E-state index in [1.54, 1.807) is 0 Å². The normalized spacial score (nSPS) is 35.7. The molecule has 0 aromatic heterocycles. The second-order valence-corrected chi connectivity index (χ2v) is 9.26. The van der Waals surface area contributed by atoms with Gasteiger partial charge in [0.2, 0.25) is 5.91 Å². The number of nitrogens with one attached hydrogen (secondary N) is 1. The predicted molar refractivity (Wildman–Crippen MR) is 99.0 cm³/mol. The number of halogens is 4. The minimum absolute atomic E-state index is 0.00520. The first kappa shape index (κ1) is 19.2. The summed E-state index contributed by atoms with van der Waals surface area (Å²) in [5.74, 6) is -2.04. The number of alkyl halides is 1. The van der Waals surface area contributed by atoms with E-state index in [0.717, 1.165) is 6.07 Å². The number of hydrogen-bond donors (Lipinski definition) is 3. The zero-order valence-electron chi connectivity index (χ0n) is 14.7. The lowest BCUT2D eigenvalue weighted by atomic mass is 9.73. The SMILES string of the molecule is NC1CC(C(=O)N[C@@H](c2c(F)c(O)cc(Cl)c2Cl)C23CCC(F)(CC2)C3)C1. The van der Waals surface area contributed by atoms with Gasteiger partial charge in [0.15, 0.2) is 11.6 Å². The van der Waals surface area contributed by atoms with Crippen molar-refractivity contribution in [1.29, 1.82) is 0 Å². The summed E-state index contributed by atoms with van der Waals surface area (Å²) >= 11 is 12.4. The van der Waals surface area contributed by atoms with Crippen LogP contribution < -0.4 is 11.1 Å². The maximum absolute atomic E-state index is 14.9. The number of carbonyl (C=O) groups excluding carboxylic acids is 1. The molecule has 0 spiro atoms. The van der Waals surface area contributed by atoms with Gasteiger partial charge in [-0.15, -0.1) is 0 Å². The van der Waals surface area contributed by atoms with Gasteiger partial charge in [-0.05, 0) is 50.4 Å². The Morgan fingerprint density at radius 2 is 1.93 bits per heavy atom. The molecular formula is C19H22Cl2F2N2O2. The Balaban J connectivity index is 1.75. The van der Waals surface area contributed by atoms with Crippen LogP contribution in [0.2, 0.25) is 10.0 Å². The van der Waals surface area contributed by atoms with Crippen molar-refractivity contribution in [3.05, 3.63) is 27.5 Å². The van der Waals surface area contributed by atoms with Crippen LogP contribution in [0.15, 0.2) is 6.07 Å². The molecular weight excluding hydrogens is 397 g/mol. The fourth-order valence-electron chi connectivity index (χ4n) is 5.10. The van der Waals surface area contributed by atoms with Gasteiger partial charge in [-0.3, -0.25) is 4.79 Å². The third-order valence-corrected chi connectivity index (χ3v) is 7.52. The Morgan fingerprint density at radius 1 is 1.30 bits per heavy atom. The number of phenols is 1. The maximum atomic E-state index is 14.9. The van der Waals surface area contributed by atoms with Gasteiger partial charge in [-0.2, -0.15) is 0 Å². The summed E-state index contributed by atoms with van der Waals surface area (Å²) in [5.41, 5.74) is 3.80.